The predicted octanol–water partition coefficient (Wildman–Crippen LogP) is 6.40. The molecule has 0 saturated heterocycles. The number of hydrogen-bond donors (Lipinski definition) is 1. The summed E-state index contributed by atoms with van der Waals surface area (Å²) in [5.74, 6) is 0.468. The number of aromatic nitrogens is 2. The van der Waals surface area contributed by atoms with Gasteiger partial charge in [0.15, 0.2) is 5.82 Å². The first-order valence-corrected chi connectivity index (χ1v) is 10.2. The summed E-state index contributed by atoms with van der Waals surface area (Å²) in [6.45, 7) is 3.80. The van der Waals surface area contributed by atoms with E-state index in [1.807, 2.05) is 26.0 Å². The van der Waals surface area contributed by atoms with Gasteiger partial charge in [-0.15, -0.1) is 0 Å². The van der Waals surface area contributed by atoms with Crippen LogP contribution in [-0.4, -0.2) is 23.1 Å². The van der Waals surface area contributed by atoms with Crippen molar-refractivity contribution in [2.45, 2.75) is 26.1 Å². The molecule has 0 aliphatic rings. The van der Waals surface area contributed by atoms with Crippen molar-refractivity contribution in [3.63, 3.8) is 0 Å². The van der Waals surface area contributed by atoms with Crippen molar-refractivity contribution < 1.29 is 17.9 Å². The molecule has 3 rings (SSSR count). The number of ether oxygens (including phenoxy) is 1. The second-order valence-electron chi connectivity index (χ2n) is 6.78. The normalized spacial score (nSPS) is 11.5. The number of benzene rings is 2. The zero-order valence-electron chi connectivity index (χ0n) is 16.5. The Morgan fingerprint density at radius 1 is 1.03 bits per heavy atom. The number of nitrogens with zero attached hydrogens (tertiary/aromatic N) is 3. The van der Waals surface area contributed by atoms with E-state index in [2.05, 4.69) is 37.9 Å². The van der Waals surface area contributed by atoms with E-state index in [1.165, 1.54) is 11.9 Å². The summed E-state index contributed by atoms with van der Waals surface area (Å²) in [4.78, 5) is 9.39. The standard InChI is InChI=1S/C21H20F3IN4O/c1-13(2)30-17-10-8-16(9-11-17)29(3)19-18(21(22,23)24)12-26-20(28-19)27-15-6-4-14(25)5-7-15/h4-13H,1-3H3,(H,26,27,28). The summed E-state index contributed by atoms with van der Waals surface area (Å²) in [7, 11) is 1.53. The Bertz CT molecular complexity index is 993. The number of alkyl halides is 3. The lowest BCUT2D eigenvalue weighted by atomic mass is 10.2. The summed E-state index contributed by atoms with van der Waals surface area (Å²) in [6.07, 6.45) is -3.79. The minimum absolute atomic E-state index is 0.00202. The largest absolute Gasteiger partial charge is 0.491 e. The highest BCUT2D eigenvalue weighted by molar-refractivity contribution is 14.1. The van der Waals surface area contributed by atoms with Crippen molar-refractivity contribution >= 4 is 45.7 Å². The van der Waals surface area contributed by atoms with Gasteiger partial charge in [0.25, 0.3) is 0 Å². The molecule has 9 heteroatoms. The van der Waals surface area contributed by atoms with Crippen LogP contribution in [0.15, 0.2) is 54.7 Å². The highest BCUT2D eigenvalue weighted by Crippen LogP contribution is 2.38. The third kappa shape index (κ3) is 5.53. The molecule has 1 N–H and O–H groups in total. The third-order valence-electron chi connectivity index (χ3n) is 4.09. The van der Waals surface area contributed by atoms with E-state index in [1.54, 1.807) is 36.4 Å². The van der Waals surface area contributed by atoms with Crippen LogP contribution in [-0.2, 0) is 6.18 Å². The molecule has 5 nitrogen and oxygen atoms in total. The van der Waals surface area contributed by atoms with Crippen molar-refractivity contribution in [2.24, 2.45) is 0 Å². The SMILES string of the molecule is CC(C)Oc1ccc(N(C)c2nc(Nc3ccc(I)cc3)ncc2C(F)(F)F)cc1. The van der Waals surface area contributed by atoms with Crippen LogP contribution in [0, 0.1) is 3.57 Å². The van der Waals surface area contributed by atoms with E-state index in [0.717, 1.165) is 9.77 Å². The number of halogens is 4. The highest BCUT2D eigenvalue weighted by atomic mass is 127. The fraction of sp³-hybridized carbons (Fsp3) is 0.238. The minimum Gasteiger partial charge on any atom is -0.491 e. The molecule has 0 bridgehead atoms. The van der Waals surface area contributed by atoms with Crippen LogP contribution < -0.4 is 15.0 Å². The molecule has 0 amide bonds. The predicted molar refractivity (Wildman–Crippen MR) is 120 cm³/mol. The zero-order valence-corrected chi connectivity index (χ0v) is 18.7. The van der Waals surface area contributed by atoms with Crippen LogP contribution >= 0.6 is 22.6 Å². The van der Waals surface area contributed by atoms with Gasteiger partial charge in [-0.3, -0.25) is 0 Å². The van der Waals surface area contributed by atoms with E-state index in [0.29, 0.717) is 17.1 Å². The first-order valence-electron chi connectivity index (χ1n) is 9.11. The topological polar surface area (TPSA) is 50.3 Å². The fourth-order valence-corrected chi connectivity index (χ4v) is 3.05. The van der Waals surface area contributed by atoms with Crippen LogP contribution in [0.3, 0.4) is 0 Å². The Morgan fingerprint density at radius 2 is 1.67 bits per heavy atom. The second-order valence-corrected chi connectivity index (χ2v) is 8.03. The summed E-state index contributed by atoms with van der Waals surface area (Å²) in [5, 5.41) is 2.95. The number of anilines is 4. The number of hydrogen-bond acceptors (Lipinski definition) is 5. The molecule has 158 valence electrons. The zero-order chi connectivity index (χ0) is 21.9. The first kappa shape index (κ1) is 22.1. The molecule has 0 fully saturated rings. The average Bonchev–Trinajstić information content (AvgIpc) is 2.68. The van der Waals surface area contributed by atoms with Gasteiger partial charge in [-0.25, -0.2) is 4.98 Å². The lowest BCUT2D eigenvalue weighted by Gasteiger charge is -2.23. The van der Waals surface area contributed by atoms with Crippen molar-refractivity contribution in [1.29, 1.82) is 0 Å². The van der Waals surface area contributed by atoms with Gasteiger partial charge in [-0.2, -0.15) is 18.2 Å². The molecule has 1 aromatic heterocycles. The molecule has 0 aliphatic carbocycles. The lowest BCUT2D eigenvalue weighted by molar-refractivity contribution is -0.137. The van der Waals surface area contributed by atoms with Gasteiger partial charge < -0.3 is 15.0 Å². The van der Waals surface area contributed by atoms with Gasteiger partial charge in [0.2, 0.25) is 5.95 Å². The lowest BCUT2D eigenvalue weighted by Crippen LogP contribution is -2.19. The smallest absolute Gasteiger partial charge is 0.421 e. The van der Waals surface area contributed by atoms with Gasteiger partial charge >= 0.3 is 6.18 Å². The molecule has 0 saturated carbocycles. The van der Waals surface area contributed by atoms with Gasteiger partial charge in [0.05, 0.1) is 6.10 Å². The van der Waals surface area contributed by atoms with Crippen LogP contribution in [0.1, 0.15) is 19.4 Å². The summed E-state index contributed by atoms with van der Waals surface area (Å²) >= 11 is 2.17. The molecule has 2 aromatic carbocycles. The first-order chi connectivity index (χ1) is 14.1. The van der Waals surface area contributed by atoms with E-state index >= 15 is 0 Å². The molecule has 0 atom stereocenters. The maximum Gasteiger partial charge on any atom is 0.421 e. The van der Waals surface area contributed by atoms with E-state index < -0.39 is 11.7 Å². The van der Waals surface area contributed by atoms with Gasteiger partial charge in [-0.05, 0) is 85.0 Å². The quantitative estimate of drug-likeness (QED) is 0.376. The van der Waals surface area contributed by atoms with Crippen molar-refractivity contribution in [2.75, 3.05) is 17.3 Å². The molecular weight excluding hydrogens is 508 g/mol. The maximum absolute atomic E-state index is 13.6. The number of rotatable bonds is 6. The van der Waals surface area contributed by atoms with Crippen LogP contribution in [0.4, 0.5) is 36.3 Å². The molecule has 0 unspecified atom stereocenters. The van der Waals surface area contributed by atoms with Crippen LogP contribution in [0.25, 0.3) is 0 Å². The van der Waals surface area contributed by atoms with E-state index in [4.69, 9.17) is 4.74 Å². The van der Waals surface area contributed by atoms with Crippen LogP contribution in [0.5, 0.6) is 5.75 Å². The van der Waals surface area contributed by atoms with Crippen molar-refractivity contribution in [3.8, 4) is 5.75 Å². The third-order valence-corrected chi connectivity index (χ3v) is 4.81. The molecule has 0 aliphatic heterocycles. The molecular formula is C21H20F3IN4O. The van der Waals surface area contributed by atoms with E-state index in [9.17, 15) is 13.2 Å². The highest BCUT2D eigenvalue weighted by Gasteiger charge is 2.36. The van der Waals surface area contributed by atoms with E-state index in [-0.39, 0.29) is 17.9 Å². The van der Waals surface area contributed by atoms with Crippen LogP contribution in [0.2, 0.25) is 0 Å². The Labute approximate surface area is 186 Å². The average molecular weight is 528 g/mol. The maximum atomic E-state index is 13.6. The summed E-state index contributed by atoms with van der Waals surface area (Å²) in [6, 6.07) is 14.2. The molecule has 0 radical (unpaired) electrons. The van der Waals surface area contributed by atoms with Gasteiger partial charge in [-0.1, -0.05) is 0 Å². The Hall–Kier alpha value is -2.56. The molecule has 3 aromatic rings. The Balaban J connectivity index is 1.94. The molecule has 1 heterocycles. The summed E-state index contributed by atoms with van der Waals surface area (Å²) in [5.41, 5.74) is 0.301. The Kier molecular flexibility index (Phi) is 6.69. The van der Waals surface area contributed by atoms with Crippen molar-refractivity contribution in [3.05, 3.63) is 63.9 Å². The van der Waals surface area contributed by atoms with Crippen molar-refractivity contribution in [1.82, 2.24) is 9.97 Å². The van der Waals surface area contributed by atoms with Gasteiger partial charge in [0, 0.05) is 28.2 Å². The monoisotopic (exact) mass is 528 g/mol. The fourth-order valence-electron chi connectivity index (χ4n) is 2.69. The number of nitrogens with one attached hydrogen (secondary N) is 1. The van der Waals surface area contributed by atoms with Gasteiger partial charge in [0.1, 0.15) is 11.3 Å². The molecule has 30 heavy (non-hydrogen) atoms. The minimum atomic E-state index is -4.59. The Morgan fingerprint density at radius 3 is 2.23 bits per heavy atom. The summed E-state index contributed by atoms with van der Waals surface area (Å²) < 4.78 is 47.4. The second kappa shape index (κ2) is 9.07. The molecule has 0 spiro atoms.